The van der Waals surface area contributed by atoms with Crippen molar-refractivity contribution in [1.82, 2.24) is 4.98 Å². The molecule has 0 radical (unpaired) electrons. The van der Waals surface area contributed by atoms with Crippen molar-refractivity contribution in [2.24, 2.45) is 5.73 Å². The lowest BCUT2D eigenvalue weighted by Crippen LogP contribution is -2.03. The average molecular weight is 213 g/mol. The molecule has 0 amide bonds. The fourth-order valence-electron chi connectivity index (χ4n) is 1.27. The second-order valence-electron chi connectivity index (χ2n) is 3.12. The highest BCUT2D eigenvalue weighted by Gasteiger charge is 2.16. The summed E-state index contributed by atoms with van der Waals surface area (Å²) in [5.74, 6) is -1.23. The smallest absolute Gasteiger partial charge is 0.358 e. The summed E-state index contributed by atoms with van der Waals surface area (Å²) in [7, 11) is 0. The molecular weight excluding hydrogens is 201 g/mol. The molecule has 0 aliphatic carbocycles. The SMILES string of the molecule is NCCCCc1ccc(F)nc1[N+](=O)[O-]. The van der Waals surface area contributed by atoms with Crippen LogP contribution in [-0.4, -0.2) is 16.5 Å². The summed E-state index contributed by atoms with van der Waals surface area (Å²) in [5.41, 5.74) is 5.76. The van der Waals surface area contributed by atoms with Crippen molar-refractivity contribution in [2.75, 3.05) is 6.54 Å². The quantitative estimate of drug-likeness (QED) is 0.347. The van der Waals surface area contributed by atoms with E-state index in [1.165, 1.54) is 6.07 Å². The maximum absolute atomic E-state index is 12.7. The number of nitrogens with zero attached hydrogens (tertiary/aromatic N) is 2. The van der Waals surface area contributed by atoms with Crippen molar-refractivity contribution < 1.29 is 9.31 Å². The summed E-state index contributed by atoms with van der Waals surface area (Å²) in [6, 6.07) is 2.53. The van der Waals surface area contributed by atoms with Gasteiger partial charge in [-0.15, -0.1) is 0 Å². The summed E-state index contributed by atoms with van der Waals surface area (Å²) < 4.78 is 12.7. The Labute approximate surface area is 86.3 Å². The molecule has 15 heavy (non-hydrogen) atoms. The van der Waals surface area contributed by atoms with Gasteiger partial charge in [0.2, 0.25) is 0 Å². The number of pyridine rings is 1. The van der Waals surface area contributed by atoms with Gasteiger partial charge in [0.1, 0.15) is 0 Å². The Kier molecular flexibility index (Phi) is 4.11. The first kappa shape index (κ1) is 11.5. The lowest BCUT2D eigenvalue weighted by atomic mass is 10.1. The molecule has 6 heteroatoms. The minimum Gasteiger partial charge on any atom is -0.358 e. The summed E-state index contributed by atoms with van der Waals surface area (Å²) in [4.78, 5) is 13.1. The van der Waals surface area contributed by atoms with Crippen LogP contribution in [0.2, 0.25) is 0 Å². The molecule has 0 saturated heterocycles. The number of halogens is 1. The van der Waals surface area contributed by atoms with Gasteiger partial charge in [-0.1, -0.05) is 0 Å². The molecule has 0 atom stereocenters. The van der Waals surface area contributed by atoms with Crippen LogP contribution in [0.5, 0.6) is 0 Å². The van der Waals surface area contributed by atoms with E-state index in [-0.39, 0.29) is 0 Å². The molecule has 1 aromatic heterocycles. The highest BCUT2D eigenvalue weighted by atomic mass is 19.1. The molecule has 1 heterocycles. The van der Waals surface area contributed by atoms with Gasteiger partial charge in [0.25, 0.3) is 0 Å². The fraction of sp³-hybridized carbons (Fsp3) is 0.444. The van der Waals surface area contributed by atoms with Gasteiger partial charge < -0.3 is 15.8 Å². The van der Waals surface area contributed by atoms with Gasteiger partial charge in [-0.25, -0.2) is 0 Å². The molecule has 1 rings (SSSR count). The molecule has 2 N–H and O–H groups in total. The monoisotopic (exact) mass is 213 g/mol. The van der Waals surface area contributed by atoms with E-state index in [0.29, 0.717) is 18.5 Å². The van der Waals surface area contributed by atoms with E-state index < -0.39 is 16.7 Å². The van der Waals surface area contributed by atoms with Crippen LogP contribution in [0, 0.1) is 16.1 Å². The zero-order valence-corrected chi connectivity index (χ0v) is 8.15. The van der Waals surface area contributed by atoms with Crippen LogP contribution in [0.4, 0.5) is 10.2 Å². The number of hydrogen-bond acceptors (Lipinski definition) is 4. The molecule has 0 spiro atoms. The minimum absolute atomic E-state index is 0.396. The number of rotatable bonds is 5. The van der Waals surface area contributed by atoms with E-state index in [4.69, 9.17) is 5.73 Å². The third-order valence-electron chi connectivity index (χ3n) is 2.00. The van der Waals surface area contributed by atoms with E-state index in [9.17, 15) is 14.5 Å². The van der Waals surface area contributed by atoms with Crippen molar-refractivity contribution >= 4 is 5.82 Å². The Hall–Kier alpha value is -1.56. The second-order valence-corrected chi connectivity index (χ2v) is 3.12. The molecule has 0 saturated carbocycles. The van der Waals surface area contributed by atoms with Crippen LogP contribution in [0.15, 0.2) is 12.1 Å². The Morgan fingerprint density at radius 2 is 2.20 bits per heavy atom. The molecule has 0 bridgehead atoms. The maximum atomic E-state index is 12.7. The highest BCUT2D eigenvalue weighted by molar-refractivity contribution is 5.32. The molecular formula is C9H12FN3O2. The molecule has 1 aromatic rings. The van der Waals surface area contributed by atoms with Gasteiger partial charge in [-0.2, -0.15) is 4.39 Å². The van der Waals surface area contributed by atoms with Crippen LogP contribution in [0.25, 0.3) is 0 Å². The van der Waals surface area contributed by atoms with Gasteiger partial charge in [0.15, 0.2) is 0 Å². The summed E-state index contributed by atoms with van der Waals surface area (Å²) in [6.45, 7) is 0.544. The standard InChI is InChI=1S/C9H12FN3O2/c10-8-5-4-7(3-1-2-6-11)9(12-8)13(14)15/h4-5H,1-3,6,11H2. The average Bonchev–Trinajstić information content (AvgIpc) is 2.20. The van der Waals surface area contributed by atoms with E-state index in [2.05, 4.69) is 4.98 Å². The maximum Gasteiger partial charge on any atom is 0.370 e. The number of hydrogen-bond donors (Lipinski definition) is 1. The predicted octanol–water partition coefficient (Wildman–Crippen LogP) is 1.41. The number of unbranched alkanes of at least 4 members (excludes halogenated alkanes) is 1. The van der Waals surface area contributed by atoms with Gasteiger partial charge in [0, 0.05) is 6.07 Å². The van der Waals surface area contributed by atoms with Crippen LogP contribution in [0.3, 0.4) is 0 Å². The number of aryl methyl sites for hydroxylation is 1. The minimum atomic E-state index is -0.829. The van der Waals surface area contributed by atoms with Gasteiger partial charge >= 0.3 is 11.8 Å². The fourth-order valence-corrected chi connectivity index (χ4v) is 1.27. The Morgan fingerprint density at radius 3 is 2.80 bits per heavy atom. The predicted molar refractivity (Wildman–Crippen MR) is 52.8 cm³/mol. The van der Waals surface area contributed by atoms with E-state index >= 15 is 0 Å². The van der Waals surface area contributed by atoms with E-state index in [1.54, 1.807) is 0 Å². The number of aromatic nitrogens is 1. The first-order valence-electron chi connectivity index (χ1n) is 4.65. The Morgan fingerprint density at radius 1 is 1.47 bits per heavy atom. The zero-order chi connectivity index (χ0) is 11.3. The molecule has 82 valence electrons. The van der Waals surface area contributed by atoms with Crippen molar-refractivity contribution in [3.05, 3.63) is 33.8 Å². The Bertz CT molecular complexity index is 357. The van der Waals surface area contributed by atoms with Crippen LogP contribution in [0.1, 0.15) is 18.4 Å². The summed E-state index contributed by atoms with van der Waals surface area (Å²) >= 11 is 0. The molecule has 0 aliphatic rings. The summed E-state index contributed by atoms with van der Waals surface area (Å²) in [5, 5.41) is 10.6. The Balaban J connectivity index is 2.81. The van der Waals surface area contributed by atoms with Gasteiger partial charge in [0.05, 0.1) is 5.56 Å². The normalized spacial score (nSPS) is 10.3. The van der Waals surface area contributed by atoms with Crippen molar-refractivity contribution in [3.8, 4) is 0 Å². The second kappa shape index (κ2) is 5.35. The van der Waals surface area contributed by atoms with Crippen molar-refractivity contribution in [2.45, 2.75) is 19.3 Å². The number of nitrogens with two attached hydrogens (primary N) is 1. The molecule has 0 fully saturated rings. The van der Waals surface area contributed by atoms with E-state index in [0.717, 1.165) is 18.9 Å². The molecule has 0 unspecified atom stereocenters. The summed E-state index contributed by atoms with van der Waals surface area (Å²) in [6.07, 6.45) is 2.03. The van der Waals surface area contributed by atoms with Crippen LogP contribution >= 0.6 is 0 Å². The van der Waals surface area contributed by atoms with E-state index in [1.807, 2.05) is 0 Å². The van der Waals surface area contributed by atoms with Crippen LogP contribution in [-0.2, 0) is 6.42 Å². The zero-order valence-electron chi connectivity index (χ0n) is 8.15. The first-order valence-corrected chi connectivity index (χ1v) is 4.65. The van der Waals surface area contributed by atoms with Gasteiger partial charge in [-0.05, 0) is 41.8 Å². The van der Waals surface area contributed by atoms with Crippen molar-refractivity contribution in [3.63, 3.8) is 0 Å². The molecule has 5 nitrogen and oxygen atoms in total. The third-order valence-corrected chi connectivity index (χ3v) is 2.00. The first-order chi connectivity index (χ1) is 7.15. The highest BCUT2D eigenvalue weighted by Crippen LogP contribution is 2.17. The van der Waals surface area contributed by atoms with Crippen LogP contribution < -0.4 is 5.73 Å². The lowest BCUT2D eigenvalue weighted by molar-refractivity contribution is -0.390. The molecule has 0 aliphatic heterocycles. The topological polar surface area (TPSA) is 82.0 Å². The molecule has 0 aromatic carbocycles. The third kappa shape index (κ3) is 3.25. The largest absolute Gasteiger partial charge is 0.370 e. The van der Waals surface area contributed by atoms with Gasteiger partial charge in [-0.3, -0.25) is 0 Å². The lowest BCUT2D eigenvalue weighted by Gasteiger charge is -2.01. The number of nitro groups is 1. The van der Waals surface area contributed by atoms with Crippen molar-refractivity contribution in [1.29, 1.82) is 0 Å².